The average Bonchev–Trinajstić information content (AvgIpc) is 3.44. The van der Waals surface area contributed by atoms with Crippen molar-refractivity contribution in [3.05, 3.63) is 95.9 Å². The third-order valence-electron chi connectivity index (χ3n) is 6.11. The van der Waals surface area contributed by atoms with Gasteiger partial charge in [0.2, 0.25) is 0 Å². The average molecular weight is 445 g/mol. The molecule has 5 rings (SSSR count). The number of hydrogen-bond acceptors (Lipinski definition) is 5. The number of nitrogens with zero attached hydrogens (tertiary/aromatic N) is 4. The molecule has 1 fully saturated rings. The quantitative estimate of drug-likeness (QED) is 0.508. The number of oxime groups is 1. The van der Waals surface area contributed by atoms with Crippen LogP contribution in [-0.2, 0) is 10.6 Å². The van der Waals surface area contributed by atoms with Crippen LogP contribution in [0, 0.1) is 12.7 Å². The molecule has 6 nitrogen and oxygen atoms in total. The second kappa shape index (κ2) is 8.24. The first-order valence-corrected chi connectivity index (χ1v) is 10.9. The number of piperidine rings is 1. The fourth-order valence-electron chi connectivity index (χ4n) is 4.46. The van der Waals surface area contributed by atoms with E-state index >= 15 is 0 Å². The Bertz CT molecular complexity index is 1260. The van der Waals surface area contributed by atoms with E-state index in [9.17, 15) is 4.39 Å². The lowest BCUT2D eigenvalue weighted by atomic mass is 9.94. The van der Waals surface area contributed by atoms with Crippen LogP contribution in [0.5, 0.6) is 5.75 Å². The number of benzene rings is 2. The summed E-state index contributed by atoms with van der Waals surface area (Å²) < 4.78 is 21.1. The number of ether oxygens (including phenoxy) is 1. The van der Waals surface area contributed by atoms with Crippen molar-refractivity contribution in [2.24, 2.45) is 5.16 Å². The summed E-state index contributed by atoms with van der Waals surface area (Å²) in [6.45, 7) is 6.72. The maximum Gasteiger partial charge on any atom is 0.256 e. The van der Waals surface area contributed by atoms with Crippen LogP contribution in [0.15, 0.2) is 78.4 Å². The first-order chi connectivity index (χ1) is 16.0. The van der Waals surface area contributed by atoms with Gasteiger partial charge in [-0.15, -0.1) is 0 Å². The number of hydrogen-bond donors (Lipinski definition) is 0. The van der Waals surface area contributed by atoms with Crippen molar-refractivity contribution < 1.29 is 14.0 Å². The minimum absolute atomic E-state index is 0.292. The normalized spacial score (nSPS) is 20.9. The molecule has 0 bridgehead atoms. The predicted octanol–water partition coefficient (Wildman–Crippen LogP) is 5.19. The van der Waals surface area contributed by atoms with Crippen LogP contribution in [0.2, 0.25) is 0 Å². The summed E-state index contributed by atoms with van der Waals surface area (Å²) in [5, 5.41) is 4.43. The van der Waals surface area contributed by atoms with Gasteiger partial charge in [0.1, 0.15) is 11.6 Å². The van der Waals surface area contributed by atoms with Gasteiger partial charge in [0, 0.05) is 18.3 Å². The lowest BCUT2D eigenvalue weighted by molar-refractivity contribution is -0.0653. The van der Waals surface area contributed by atoms with Gasteiger partial charge in [0.15, 0.2) is 5.84 Å². The Kier molecular flexibility index (Phi) is 5.24. The highest BCUT2D eigenvalue weighted by atomic mass is 19.1. The number of methoxy groups -OCH3 is 1. The minimum atomic E-state index is -0.941. The number of halogens is 1. The summed E-state index contributed by atoms with van der Waals surface area (Å²) in [5.74, 6) is 1.24. The highest BCUT2D eigenvalue weighted by Crippen LogP contribution is 2.41. The van der Waals surface area contributed by atoms with E-state index in [0.717, 1.165) is 59.1 Å². The Labute approximate surface area is 192 Å². The number of rotatable bonds is 5. The molecule has 0 saturated carbocycles. The first kappa shape index (κ1) is 21.0. The third kappa shape index (κ3) is 3.59. The fraction of sp³-hybridized carbons (Fsp3) is 0.231. The van der Waals surface area contributed by atoms with Crippen LogP contribution in [0.3, 0.4) is 0 Å². The number of amidine groups is 1. The molecule has 1 aromatic heterocycles. The molecule has 1 saturated heterocycles. The summed E-state index contributed by atoms with van der Waals surface area (Å²) in [6, 6.07) is 12.4. The standard InChI is InChI=1S/C26H25FN4O2/c1-4-26(21-8-10-22(27)11-9-21)31-13-5-6-20(25(31)29-33-26)14-19-7-12-23(24(15-19)32-3)30-16-18(2)28-17-30/h4,7-12,14-17H,1,5-6,13H2,2-3H3/b20-14+/t26-/m1/s1. The third-order valence-corrected chi connectivity index (χ3v) is 6.11. The molecule has 0 N–H and O–H groups in total. The SMILES string of the molecule is C=C[C@]1(c2ccc(F)cc2)ON=C2/C(=C/c3ccc(-n4cnc(C)c4)c(OC)c3)CCCN21. The number of aromatic nitrogens is 2. The molecule has 3 heterocycles. The summed E-state index contributed by atoms with van der Waals surface area (Å²) >= 11 is 0. The lowest BCUT2D eigenvalue weighted by Crippen LogP contribution is -2.47. The van der Waals surface area contributed by atoms with Gasteiger partial charge in [-0.25, -0.2) is 9.37 Å². The van der Waals surface area contributed by atoms with Crippen molar-refractivity contribution in [1.29, 1.82) is 0 Å². The van der Waals surface area contributed by atoms with E-state index in [-0.39, 0.29) is 5.82 Å². The zero-order valence-corrected chi connectivity index (χ0v) is 18.7. The summed E-state index contributed by atoms with van der Waals surface area (Å²) in [4.78, 5) is 12.4. The zero-order chi connectivity index (χ0) is 23.0. The van der Waals surface area contributed by atoms with Gasteiger partial charge >= 0.3 is 0 Å². The smallest absolute Gasteiger partial charge is 0.256 e. The topological polar surface area (TPSA) is 51.9 Å². The molecular weight excluding hydrogens is 419 g/mol. The first-order valence-electron chi connectivity index (χ1n) is 10.9. The van der Waals surface area contributed by atoms with Crippen LogP contribution >= 0.6 is 0 Å². The molecule has 0 spiro atoms. The predicted molar refractivity (Wildman–Crippen MR) is 126 cm³/mol. The molecular formula is C26H25FN4O2. The van der Waals surface area contributed by atoms with Crippen molar-refractivity contribution >= 4 is 11.9 Å². The van der Waals surface area contributed by atoms with Gasteiger partial charge < -0.3 is 19.0 Å². The molecule has 2 aliphatic rings. The number of imidazole rings is 1. The van der Waals surface area contributed by atoms with Crippen LogP contribution in [-0.4, -0.2) is 33.9 Å². The van der Waals surface area contributed by atoms with Crippen LogP contribution < -0.4 is 4.74 Å². The minimum Gasteiger partial charge on any atom is -0.495 e. The Hall–Kier alpha value is -3.87. The number of fused-ring (bicyclic) bond motifs is 1. The summed E-state index contributed by atoms with van der Waals surface area (Å²) in [7, 11) is 1.66. The molecule has 0 unspecified atom stereocenters. The Morgan fingerprint density at radius 3 is 2.73 bits per heavy atom. The van der Waals surface area contributed by atoms with Crippen molar-refractivity contribution in [3.8, 4) is 11.4 Å². The van der Waals surface area contributed by atoms with E-state index in [1.54, 1.807) is 31.6 Å². The Morgan fingerprint density at radius 2 is 2.03 bits per heavy atom. The monoisotopic (exact) mass is 444 g/mol. The summed E-state index contributed by atoms with van der Waals surface area (Å²) in [6.07, 6.45) is 9.39. The largest absolute Gasteiger partial charge is 0.495 e. The van der Waals surface area contributed by atoms with E-state index < -0.39 is 5.72 Å². The van der Waals surface area contributed by atoms with Gasteiger partial charge in [-0.1, -0.05) is 17.8 Å². The molecule has 0 aliphatic carbocycles. The van der Waals surface area contributed by atoms with Crippen LogP contribution in [0.25, 0.3) is 11.8 Å². The maximum atomic E-state index is 13.5. The van der Waals surface area contributed by atoms with Crippen LogP contribution in [0.1, 0.15) is 29.7 Å². The Balaban J connectivity index is 1.48. The van der Waals surface area contributed by atoms with Gasteiger partial charge in [0.05, 0.1) is 24.8 Å². The summed E-state index contributed by atoms with van der Waals surface area (Å²) in [5.41, 5.74) is 3.79. The molecule has 168 valence electrons. The second-order valence-corrected chi connectivity index (χ2v) is 8.19. The van der Waals surface area contributed by atoms with Crippen LogP contribution in [0.4, 0.5) is 4.39 Å². The van der Waals surface area contributed by atoms with Crippen molar-refractivity contribution in [1.82, 2.24) is 14.5 Å². The molecule has 0 radical (unpaired) electrons. The van der Waals surface area contributed by atoms with Gasteiger partial charge in [-0.2, -0.15) is 0 Å². The fourth-order valence-corrected chi connectivity index (χ4v) is 4.46. The molecule has 0 amide bonds. The molecule has 3 aromatic rings. The van der Waals surface area contributed by atoms with Gasteiger partial charge in [0.25, 0.3) is 5.72 Å². The second-order valence-electron chi connectivity index (χ2n) is 8.19. The molecule has 2 aliphatic heterocycles. The van der Waals surface area contributed by atoms with E-state index in [4.69, 9.17) is 9.57 Å². The van der Waals surface area contributed by atoms with Gasteiger partial charge in [-0.3, -0.25) is 0 Å². The van der Waals surface area contributed by atoms with Crippen molar-refractivity contribution in [2.45, 2.75) is 25.5 Å². The Morgan fingerprint density at radius 1 is 1.21 bits per heavy atom. The van der Waals surface area contributed by atoms with E-state index in [2.05, 4.69) is 33.8 Å². The van der Waals surface area contributed by atoms with Crippen molar-refractivity contribution in [3.63, 3.8) is 0 Å². The molecule has 7 heteroatoms. The van der Waals surface area contributed by atoms with E-state index in [1.807, 2.05) is 29.8 Å². The zero-order valence-electron chi connectivity index (χ0n) is 18.7. The van der Waals surface area contributed by atoms with E-state index in [0.29, 0.717) is 0 Å². The maximum absolute atomic E-state index is 13.5. The lowest BCUT2D eigenvalue weighted by Gasteiger charge is -2.38. The molecule has 1 atom stereocenters. The van der Waals surface area contributed by atoms with E-state index in [1.165, 1.54) is 12.1 Å². The molecule has 2 aromatic carbocycles. The molecule has 33 heavy (non-hydrogen) atoms. The van der Waals surface area contributed by atoms with Crippen molar-refractivity contribution in [2.75, 3.05) is 13.7 Å². The highest BCUT2D eigenvalue weighted by molar-refractivity contribution is 6.03. The number of aryl methyl sites for hydroxylation is 1. The van der Waals surface area contributed by atoms with Gasteiger partial charge in [-0.05, 0) is 79.5 Å². The highest BCUT2D eigenvalue weighted by Gasteiger charge is 2.47.